The Morgan fingerprint density at radius 2 is 1.87 bits per heavy atom. The minimum absolute atomic E-state index is 0.148. The number of amides is 1. The molecule has 2 aliphatic rings. The molecule has 0 aromatic heterocycles. The molecule has 0 aromatic rings. The van der Waals surface area contributed by atoms with Crippen LogP contribution in [-0.4, -0.2) is 67.3 Å². The van der Waals surface area contributed by atoms with Gasteiger partial charge in [-0.05, 0) is 85.5 Å². The van der Waals surface area contributed by atoms with Crippen molar-refractivity contribution in [3.8, 4) is 0 Å². The minimum atomic E-state index is -0.403. The van der Waals surface area contributed by atoms with Gasteiger partial charge in [-0.25, -0.2) is 4.79 Å². The number of nitrogens with zero attached hydrogens (tertiary/aromatic N) is 2. The predicted octanol–water partition coefficient (Wildman–Crippen LogP) is 2.71. The Balaban J connectivity index is 1.66. The molecule has 1 unspecified atom stereocenters. The largest absolute Gasteiger partial charge is 0.444 e. The molecule has 0 aromatic carbocycles. The predicted molar refractivity (Wildman–Crippen MR) is 93.7 cm³/mol. The third-order valence-corrected chi connectivity index (χ3v) is 4.87. The van der Waals surface area contributed by atoms with Crippen molar-refractivity contribution in [1.29, 1.82) is 0 Å². The van der Waals surface area contributed by atoms with Crippen LogP contribution in [0, 0.1) is 5.92 Å². The van der Waals surface area contributed by atoms with Gasteiger partial charge >= 0.3 is 6.09 Å². The fraction of sp³-hybridized carbons (Fsp3) is 0.944. The summed E-state index contributed by atoms with van der Waals surface area (Å²) in [6.45, 7) is 11.0. The number of piperidine rings is 2. The van der Waals surface area contributed by atoms with Crippen molar-refractivity contribution in [3.63, 3.8) is 0 Å². The molecule has 0 spiro atoms. The van der Waals surface area contributed by atoms with Crippen LogP contribution in [0.15, 0.2) is 0 Å². The van der Waals surface area contributed by atoms with Gasteiger partial charge in [0, 0.05) is 19.1 Å². The molecular formula is C18H35N3O2. The monoisotopic (exact) mass is 325 g/mol. The van der Waals surface area contributed by atoms with Crippen LogP contribution in [0.3, 0.4) is 0 Å². The molecule has 0 bridgehead atoms. The van der Waals surface area contributed by atoms with E-state index in [1.54, 1.807) is 0 Å². The molecule has 2 fully saturated rings. The number of carbonyl (C=O) groups excluding carboxylic acids is 1. The van der Waals surface area contributed by atoms with Gasteiger partial charge in [-0.3, -0.25) is 0 Å². The molecule has 134 valence electrons. The molecule has 0 radical (unpaired) electrons. The van der Waals surface area contributed by atoms with E-state index in [0.29, 0.717) is 12.0 Å². The zero-order valence-electron chi connectivity index (χ0n) is 15.4. The second-order valence-corrected chi connectivity index (χ2v) is 8.25. The van der Waals surface area contributed by atoms with Gasteiger partial charge in [0.05, 0.1) is 0 Å². The van der Waals surface area contributed by atoms with Gasteiger partial charge < -0.3 is 19.9 Å². The molecule has 0 saturated carbocycles. The molecule has 0 aliphatic carbocycles. The van der Waals surface area contributed by atoms with Crippen LogP contribution < -0.4 is 5.32 Å². The van der Waals surface area contributed by atoms with E-state index < -0.39 is 5.60 Å². The third-order valence-electron chi connectivity index (χ3n) is 4.87. The summed E-state index contributed by atoms with van der Waals surface area (Å²) in [6, 6.07) is 0.678. The Kier molecular flexibility index (Phi) is 6.72. The van der Waals surface area contributed by atoms with E-state index in [4.69, 9.17) is 4.74 Å². The Labute approximate surface area is 141 Å². The lowest BCUT2D eigenvalue weighted by molar-refractivity contribution is 0.0161. The lowest BCUT2D eigenvalue weighted by atomic mass is 9.94. The Morgan fingerprint density at radius 3 is 2.52 bits per heavy atom. The molecular weight excluding hydrogens is 290 g/mol. The molecule has 2 heterocycles. The lowest BCUT2D eigenvalue weighted by Crippen LogP contribution is -2.44. The topological polar surface area (TPSA) is 44.8 Å². The fourth-order valence-corrected chi connectivity index (χ4v) is 3.50. The van der Waals surface area contributed by atoms with E-state index in [0.717, 1.165) is 32.5 Å². The van der Waals surface area contributed by atoms with Crippen molar-refractivity contribution < 1.29 is 9.53 Å². The van der Waals surface area contributed by atoms with Gasteiger partial charge in [0.1, 0.15) is 5.60 Å². The van der Waals surface area contributed by atoms with Crippen LogP contribution in [0.1, 0.15) is 52.9 Å². The van der Waals surface area contributed by atoms with E-state index in [9.17, 15) is 4.79 Å². The van der Waals surface area contributed by atoms with Crippen LogP contribution >= 0.6 is 0 Å². The summed E-state index contributed by atoms with van der Waals surface area (Å²) in [7, 11) is 2.20. The Hall–Kier alpha value is -0.810. The van der Waals surface area contributed by atoms with Gasteiger partial charge in [0.25, 0.3) is 0 Å². The summed E-state index contributed by atoms with van der Waals surface area (Å²) in [5.41, 5.74) is -0.403. The number of hydrogen-bond donors (Lipinski definition) is 1. The molecule has 2 aliphatic heterocycles. The summed E-state index contributed by atoms with van der Waals surface area (Å²) in [4.78, 5) is 16.5. The first-order chi connectivity index (χ1) is 10.8. The number of carbonyl (C=O) groups is 1. The van der Waals surface area contributed by atoms with Crippen molar-refractivity contribution in [3.05, 3.63) is 0 Å². The van der Waals surface area contributed by atoms with Crippen molar-refractivity contribution >= 4 is 6.09 Å². The van der Waals surface area contributed by atoms with Crippen molar-refractivity contribution in [1.82, 2.24) is 15.1 Å². The van der Waals surface area contributed by atoms with E-state index >= 15 is 0 Å². The molecule has 5 nitrogen and oxygen atoms in total. The molecule has 2 saturated heterocycles. The zero-order chi connectivity index (χ0) is 16.9. The SMILES string of the molecule is CN1CCC(NCCC2CCCN(C(=O)OC(C)(C)C)C2)CC1. The van der Waals surface area contributed by atoms with E-state index in [-0.39, 0.29) is 6.09 Å². The van der Waals surface area contributed by atoms with Crippen LogP contribution in [-0.2, 0) is 4.74 Å². The molecule has 1 N–H and O–H groups in total. The third kappa shape index (κ3) is 6.68. The first-order valence-corrected chi connectivity index (χ1v) is 9.23. The maximum atomic E-state index is 12.2. The molecule has 1 atom stereocenters. The first kappa shape index (κ1) is 18.5. The normalized spacial score (nSPS) is 24.7. The van der Waals surface area contributed by atoms with E-state index in [1.807, 2.05) is 25.7 Å². The van der Waals surface area contributed by atoms with Gasteiger partial charge in [-0.15, -0.1) is 0 Å². The van der Waals surface area contributed by atoms with E-state index in [1.165, 1.54) is 32.4 Å². The second-order valence-electron chi connectivity index (χ2n) is 8.25. The standard InChI is InChI=1S/C18H35N3O2/c1-18(2,3)23-17(22)21-11-5-6-15(14-21)7-10-19-16-8-12-20(4)13-9-16/h15-16,19H,5-14H2,1-4H3. The van der Waals surface area contributed by atoms with Crippen LogP contribution in [0.25, 0.3) is 0 Å². The first-order valence-electron chi connectivity index (χ1n) is 9.23. The van der Waals surface area contributed by atoms with Crippen LogP contribution in [0.4, 0.5) is 4.79 Å². The maximum absolute atomic E-state index is 12.2. The Morgan fingerprint density at radius 1 is 1.17 bits per heavy atom. The quantitative estimate of drug-likeness (QED) is 0.863. The minimum Gasteiger partial charge on any atom is -0.444 e. The number of ether oxygens (including phenoxy) is 1. The summed E-state index contributed by atoms with van der Waals surface area (Å²) >= 11 is 0. The molecule has 2 rings (SSSR count). The summed E-state index contributed by atoms with van der Waals surface area (Å²) < 4.78 is 5.50. The Bertz CT molecular complexity index is 373. The van der Waals surface area contributed by atoms with Crippen molar-refractivity contribution in [2.24, 2.45) is 5.92 Å². The zero-order valence-corrected chi connectivity index (χ0v) is 15.4. The van der Waals surface area contributed by atoms with Crippen LogP contribution in [0.2, 0.25) is 0 Å². The average molecular weight is 325 g/mol. The summed E-state index contributed by atoms with van der Waals surface area (Å²) in [5, 5.41) is 3.71. The highest BCUT2D eigenvalue weighted by atomic mass is 16.6. The highest BCUT2D eigenvalue weighted by Crippen LogP contribution is 2.21. The number of hydrogen-bond acceptors (Lipinski definition) is 4. The summed E-state index contributed by atoms with van der Waals surface area (Å²) in [5.74, 6) is 0.607. The maximum Gasteiger partial charge on any atom is 0.410 e. The smallest absolute Gasteiger partial charge is 0.410 e. The summed E-state index contributed by atoms with van der Waals surface area (Å²) in [6.07, 6.45) is 5.85. The number of rotatable bonds is 4. The van der Waals surface area contributed by atoms with Crippen molar-refractivity contribution in [2.45, 2.75) is 64.5 Å². The molecule has 5 heteroatoms. The molecule has 23 heavy (non-hydrogen) atoms. The van der Waals surface area contributed by atoms with Crippen LogP contribution in [0.5, 0.6) is 0 Å². The van der Waals surface area contributed by atoms with Gasteiger partial charge in [0.2, 0.25) is 0 Å². The van der Waals surface area contributed by atoms with Crippen molar-refractivity contribution in [2.75, 3.05) is 39.8 Å². The fourth-order valence-electron chi connectivity index (χ4n) is 3.50. The number of nitrogens with one attached hydrogen (secondary N) is 1. The van der Waals surface area contributed by atoms with Gasteiger partial charge in [-0.1, -0.05) is 0 Å². The van der Waals surface area contributed by atoms with E-state index in [2.05, 4.69) is 17.3 Å². The lowest BCUT2D eigenvalue weighted by Gasteiger charge is -2.35. The number of likely N-dealkylation sites (tertiary alicyclic amines) is 2. The highest BCUT2D eigenvalue weighted by molar-refractivity contribution is 5.68. The van der Waals surface area contributed by atoms with Gasteiger partial charge in [0.15, 0.2) is 0 Å². The average Bonchev–Trinajstić information content (AvgIpc) is 2.48. The second kappa shape index (κ2) is 8.34. The molecule has 1 amide bonds. The van der Waals surface area contributed by atoms with Gasteiger partial charge in [-0.2, -0.15) is 0 Å². The highest BCUT2D eigenvalue weighted by Gasteiger charge is 2.27.